The Morgan fingerprint density at radius 3 is 2.61 bits per heavy atom. The van der Waals surface area contributed by atoms with Crippen LogP contribution in [0.4, 0.5) is 5.69 Å². The van der Waals surface area contributed by atoms with E-state index in [-0.39, 0.29) is 10.9 Å². The summed E-state index contributed by atoms with van der Waals surface area (Å²) in [5, 5.41) is 0.151. The molecule has 0 spiro atoms. The standard InChI is InChI=1S/C20H30N4O3S/c1-4-28(25,26)20-21-14-19(24(20)12-13-27-3)16-22-10-11-23(15-17(22)2)18-8-6-5-7-9-18/h5-9,14,17H,4,10-13,15-16H2,1-3H3/t17-/m1/s1. The summed E-state index contributed by atoms with van der Waals surface area (Å²) < 4.78 is 31.8. The number of aromatic nitrogens is 2. The number of piperazine rings is 1. The molecule has 1 aromatic heterocycles. The lowest BCUT2D eigenvalue weighted by atomic mass is 10.1. The van der Waals surface area contributed by atoms with Crippen molar-refractivity contribution in [2.75, 3.05) is 44.0 Å². The van der Waals surface area contributed by atoms with Crippen LogP contribution in [0.15, 0.2) is 41.7 Å². The van der Waals surface area contributed by atoms with E-state index in [1.807, 2.05) is 6.07 Å². The number of ether oxygens (including phenoxy) is 1. The molecule has 1 aliphatic heterocycles. The van der Waals surface area contributed by atoms with Crippen LogP contribution in [0, 0.1) is 0 Å². The van der Waals surface area contributed by atoms with Gasteiger partial charge in [0, 0.05) is 51.6 Å². The van der Waals surface area contributed by atoms with Crippen molar-refractivity contribution in [1.82, 2.24) is 14.5 Å². The van der Waals surface area contributed by atoms with Crippen LogP contribution in [-0.4, -0.2) is 68.0 Å². The van der Waals surface area contributed by atoms with E-state index in [1.54, 1.807) is 24.8 Å². The van der Waals surface area contributed by atoms with E-state index in [4.69, 9.17) is 4.74 Å². The minimum atomic E-state index is -3.37. The van der Waals surface area contributed by atoms with Gasteiger partial charge in [0.2, 0.25) is 15.0 Å². The fourth-order valence-corrected chi connectivity index (χ4v) is 4.64. The summed E-state index contributed by atoms with van der Waals surface area (Å²) in [7, 11) is -1.75. The number of imidazole rings is 1. The van der Waals surface area contributed by atoms with Crippen LogP contribution in [-0.2, 0) is 27.7 Å². The Bertz CT molecular complexity index is 867. The summed E-state index contributed by atoms with van der Waals surface area (Å²) in [5.74, 6) is 0.0442. The van der Waals surface area contributed by atoms with Crippen molar-refractivity contribution in [3.05, 3.63) is 42.2 Å². The Hall–Kier alpha value is -1.90. The van der Waals surface area contributed by atoms with E-state index in [0.29, 0.717) is 25.7 Å². The minimum Gasteiger partial charge on any atom is -0.383 e. The van der Waals surface area contributed by atoms with Gasteiger partial charge in [-0.25, -0.2) is 13.4 Å². The van der Waals surface area contributed by atoms with Gasteiger partial charge in [-0.05, 0) is 19.1 Å². The van der Waals surface area contributed by atoms with E-state index in [9.17, 15) is 8.42 Å². The topological polar surface area (TPSA) is 67.7 Å². The fraction of sp³-hybridized carbons (Fsp3) is 0.550. The number of methoxy groups -OCH3 is 1. The van der Waals surface area contributed by atoms with Gasteiger partial charge in [0.25, 0.3) is 0 Å². The van der Waals surface area contributed by atoms with Gasteiger partial charge in [-0.3, -0.25) is 4.90 Å². The Morgan fingerprint density at radius 2 is 1.96 bits per heavy atom. The number of benzene rings is 1. The molecule has 1 atom stereocenters. The van der Waals surface area contributed by atoms with Gasteiger partial charge in [-0.15, -0.1) is 0 Å². The first-order valence-electron chi connectivity index (χ1n) is 9.76. The highest BCUT2D eigenvalue weighted by atomic mass is 32.2. The zero-order valence-electron chi connectivity index (χ0n) is 16.9. The molecule has 0 amide bonds. The molecule has 8 heteroatoms. The van der Waals surface area contributed by atoms with Gasteiger partial charge in [-0.1, -0.05) is 25.1 Å². The number of hydrogen-bond acceptors (Lipinski definition) is 6. The lowest BCUT2D eigenvalue weighted by molar-refractivity contribution is 0.166. The van der Waals surface area contributed by atoms with Crippen LogP contribution in [0.25, 0.3) is 0 Å². The number of nitrogens with zero attached hydrogens (tertiary/aromatic N) is 4. The third-order valence-electron chi connectivity index (χ3n) is 5.33. The van der Waals surface area contributed by atoms with E-state index in [1.165, 1.54) is 5.69 Å². The molecule has 0 saturated carbocycles. The first-order chi connectivity index (χ1) is 13.5. The van der Waals surface area contributed by atoms with E-state index in [2.05, 4.69) is 46.0 Å². The predicted octanol–water partition coefficient (Wildman–Crippen LogP) is 2.03. The van der Waals surface area contributed by atoms with Gasteiger partial charge in [-0.2, -0.15) is 0 Å². The van der Waals surface area contributed by atoms with E-state index in [0.717, 1.165) is 25.3 Å². The molecular weight excluding hydrogens is 376 g/mol. The lowest BCUT2D eigenvalue weighted by Crippen LogP contribution is -2.51. The Balaban J connectivity index is 1.75. The number of hydrogen-bond donors (Lipinski definition) is 0. The second kappa shape index (κ2) is 9.07. The molecule has 0 unspecified atom stereocenters. The van der Waals surface area contributed by atoms with Crippen LogP contribution < -0.4 is 4.90 Å². The van der Waals surface area contributed by atoms with Crippen molar-refractivity contribution in [3.8, 4) is 0 Å². The van der Waals surface area contributed by atoms with Crippen molar-refractivity contribution in [3.63, 3.8) is 0 Å². The summed E-state index contributed by atoms with van der Waals surface area (Å²) in [6.07, 6.45) is 1.70. The fourth-order valence-electron chi connectivity index (χ4n) is 3.63. The van der Waals surface area contributed by atoms with Crippen LogP contribution in [0.3, 0.4) is 0 Å². The van der Waals surface area contributed by atoms with Crippen molar-refractivity contribution in [2.24, 2.45) is 0 Å². The molecule has 0 N–H and O–H groups in total. The van der Waals surface area contributed by atoms with E-state index < -0.39 is 9.84 Å². The molecule has 1 aromatic carbocycles. The lowest BCUT2D eigenvalue weighted by Gasteiger charge is -2.41. The zero-order valence-corrected chi connectivity index (χ0v) is 17.7. The molecule has 2 heterocycles. The Labute approximate surface area is 167 Å². The van der Waals surface area contributed by atoms with Gasteiger partial charge >= 0.3 is 0 Å². The van der Waals surface area contributed by atoms with Crippen LogP contribution >= 0.6 is 0 Å². The third-order valence-corrected chi connectivity index (χ3v) is 6.97. The van der Waals surface area contributed by atoms with E-state index >= 15 is 0 Å². The molecule has 2 aromatic rings. The van der Waals surface area contributed by atoms with Crippen LogP contribution in [0.5, 0.6) is 0 Å². The first kappa shape index (κ1) is 20.8. The monoisotopic (exact) mass is 406 g/mol. The normalized spacial score (nSPS) is 18.5. The molecule has 1 saturated heterocycles. The molecule has 1 fully saturated rings. The molecule has 1 aliphatic rings. The van der Waals surface area contributed by atoms with Crippen LogP contribution in [0.2, 0.25) is 0 Å². The summed E-state index contributed by atoms with van der Waals surface area (Å²) in [5.41, 5.74) is 2.17. The third kappa shape index (κ3) is 4.56. The molecule has 7 nitrogen and oxygen atoms in total. The average Bonchev–Trinajstić information content (AvgIpc) is 3.12. The molecular formula is C20H30N4O3S. The van der Waals surface area contributed by atoms with Crippen molar-refractivity contribution in [2.45, 2.75) is 38.1 Å². The maximum atomic E-state index is 12.4. The van der Waals surface area contributed by atoms with Gasteiger partial charge < -0.3 is 14.2 Å². The highest BCUT2D eigenvalue weighted by Gasteiger charge is 2.27. The maximum Gasteiger partial charge on any atom is 0.227 e. The predicted molar refractivity (Wildman–Crippen MR) is 110 cm³/mol. The summed E-state index contributed by atoms with van der Waals surface area (Å²) in [6.45, 7) is 8.29. The zero-order chi connectivity index (χ0) is 20.1. The largest absolute Gasteiger partial charge is 0.383 e. The molecule has 154 valence electrons. The summed E-state index contributed by atoms with van der Waals surface area (Å²) in [4.78, 5) is 9.04. The maximum absolute atomic E-state index is 12.4. The first-order valence-corrected chi connectivity index (χ1v) is 11.4. The summed E-state index contributed by atoms with van der Waals surface area (Å²) in [6, 6.07) is 10.8. The molecule has 3 rings (SSSR count). The highest BCUT2D eigenvalue weighted by Crippen LogP contribution is 2.21. The van der Waals surface area contributed by atoms with Gasteiger partial charge in [0.15, 0.2) is 0 Å². The number of para-hydroxylation sites is 1. The summed E-state index contributed by atoms with van der Waals surface area (Å²) >= 11 is 0. The number of rotatable bonds is 8. The molecule has 0 aliphatic carbocycles. The van der Waals surface area contributed by atoms with Crippen LogP contribution in [0.1, 0.15) is 19.5 Å². The number of anilines is 1. The van der Waals surface area contributed by atoms with Crippen molar-refractivity contribution < 1.29 is 13.2 Å². The number of sulfone groups is 1. The Morgan fingerprint density at radius 1 is 1.21 bits per heavy atom. The highest BCUT2D eigenvalue weighted by molar-refractivity contribution is 7.91. The second-order valence-electron chi connectivity index (χ2n) is 7.18. The van der Waals surface area contributed by atoms with Gasteiger partial charge in [0.1, 0.15) is 0 Å². The van der Waals surface area contributed by atoms with Gasteiger partial charge in [0.05, 0.1) is 24.3 Å². The second-order valence-corrected chi connectivity index (χ2v) is 9.35. The SMILES string of the molecule is CCS(=O)(=O)c1ncc(CN2CCN(c3ccccc3)C[C@H]2C)n1CCOC. The molecule has 0 bridgehead atoms. The molecule has 28 heavy (non-hydrogen) atoms. The Kier molecular flexibility index (Phi) is 6.74. The smallest absolute Gasteiger partial charge is 0.227 e. The quantitative estimate of drug-likeness (QED) is 0.668. The van der Waals surface area contributed by atoms with Crippen molar-refractivity contribution >= 4 is 15.5 Å². The van der Waals surface area contributed by atoms with Crippen molar-refractivity contribution in [1.29, 1.82) is 0 Å². The average molecular weight is 407 g/mol. The minimum absolute atomic E-state index is 0.0442. The molecule has 0 radical (unpaired) electrons.